The first kappa shape index (κ1) is 23.9. The van der Waals surface area contributed by atoms with Crippen LogP contribution in [0.4, 0.5) is 5.69 Å². The predicted octanol–water partition coefficient (Wildman–Crippen LogP) is 2.54. The summed E-state index contributed by atoms with van der Waals surface area (Å²) < 4.78 is 10.2. The van der Waals surface area contributed by atoms with Gasteiger partial charge in [0.05, 0.1) is 24.0 Å². The number of esters is 2. The number of hydrogen-bond acceptors (Lipinski definition) is 7. The number of carbonyl (C=O) groups excluding carboxylic acids is 5. The van der Waals surface area contributed by atoms with Gasteiger partial charge in [-0.3, -0.25) is 19.3 Å². The molecule has 1 aromatic carbocycles. The van der Waals surface area contributed by atoms with E-state index < -0.39 is 30.5 Å². The summed E-state index contributed by atoms with van der Waals surface area (Å²) in [5, 5.41) is 2.58. The normalized spacial score (nSPS) is 25.8. The fourth-order valence-electron chi connectivity index (χ4n) is 5.46. The van der Waals surface area contributed by atoms with Gasteiger partial charge in [-0.25, -0.2) is 9.59 Å². The van der Waals surface area contributed by atoms with Gasteiger partial charge >= 0.3 is 11.9 Å². The number of benzene rings is 1. The predicted molar refractivity (Wildman–Crippen MR) is 120 cm³/mol. The minimum atomic E-state index is -1.07. The number of anilines is 1. The number of rotatable bonds is 9. The average Bonchev–Trinajstić information content (AvgIpc) is 3.51. The van der Waals surface area contributed by atoms with Crippen molar-refractivity contribution in [3.8, 4) is 0 Å². The molecule has 1 heterocycles. The van der Waals surface area contributed by atoms with Crippen LogP contribution in [0, 0.1) is 23.7 Å². The molecule has 1 N–H and O–H groups in total. The first-order valence-corrected chi connectivity index (χ1v) is 11.9. The third kappa shape index (κ3) is 4.56. The van der Waals surface area contributed by atoms with Crippen LogP contribution in [0.15, 0.2) is 24.3 Å². The smallest absolute Gasteiger partial charge is 0.338 e. The number of imide groups is 1. The molecule has 2 bridgehead atoms. The molecule has 0 unspecified atom stereocenters. The largest absolute Gasteiger partial charge is 0.462 e. The Morgan fingerprint density at radius 1 is 1.03 bits per heavy atom. The fraction of sp³-hybridized carbons (Fsp3) is 0.560. The summed E-state index contributed by atoms with van der Waals surface area (Å²) in [6.07, 6.45) is 4.55. The van der Waals surface area contributed by atoms with Gasteiger partial charge in [-0.15, -0.1) is 0 Å². The quantitative estimate of drug-likeness (QED) is 0.335. The molecule has 4 rings (SSSR count). The highest BCUT2D eigenvalue weighted by atomic mass is 16.5. The van der Waals surface area contributed by atoms with Crippen LogP contribution >= 0.6 is 0 Å². The third-order valence-electron chi connectivity index (χ3n) is 7.17. The van der Waals surface area contributed by atoms with Crippen molar-refractivity contribution in [3.05, 3.63) is 29.8 Å². The SMILES string of the molecule is CCCCOC(=O)c1ccc(NC(=O)COC(=O)[C@H](C)N2C(=O)[C@@H]3[C@H]4CC[C@@H](C4)[C@@H]3C2=O)cc1. The third-order valence-corrected chi connectivity index (χ3v) is 7.17. The van der Waals surface area contributed by atoms with Crippen molar-refractivity contribution in [1.82, 2.24) is 4.90 Å². The first-order valence-electron chi connectivity index (χ1n) is 11.9. The first-order chi connectivity index (χ1) is 16.3. The zero-order chi connectivity index (χ0) is 24.4. The van der Waals surface area contributed by atoms with Gasteiger partial charge in [0.1, 0.15) is 6.04 Å². The monoisotopic (exact) mass is 470 g/mol. The van der Waals surface area contributed by atoms with E-state index in [9.17, 15) is 24.0 Å². The van der Waals surface area contributed by atoms with Crippen molar-refractivity contribution >= 4 is 35.3 Å². The second-order valence-electron chi connectivity index (χ2n) is 9.33. The molecule has 34 heavy (non-hydrogen) atoms. The summed E-state index contributed by atoms with van der Waals surface area (Å²) in [6.45, 7) is 3.26. The van der Waals surface area contributed by atoms with Crippen LogP contribution in [0.5, 0.6) is 0 Å². The highest BCUT2D eigenvalue weighted by Gasteiger charge is 2.62. The van der Waals surface area contributed by atoms with E-state index in [1.165, 1.54) is 19.1 Å². The van der Waals surface area contributed by atoms with Gasteiger partial charge in [0.25, 0.3) is 5.91 Å². The maximum Gasteiger partial charge on any atom is 0.338 e. The number of ether oxygens (including phenoxy) is 2. The number of nitrogens with zero attached hydrogens (tertiary/aromatic N) is 1. The standard InChI is InChI=1S/C25H30N2O7/c1-3-4-11-33-25(32)15-7-9-18(10-8-15)26-19(28)13-34-24(31)14(2)27-22(29)20-16-5-6-17(12-16)21(20)23(27)30/h7-10,14,16-17,20-21H,3-6,11-13H2,1-2H3,(H,26,28)/t14-,16-,17-,20-,21+/m0/s1. The van der Waals surface area contributed by atoms with E-state index in [-0.39, 0.29) is 35.5 Å². The summed E-state index contributed by atoms with van der Waals surface area (Å²) >= 11 is 0. The van der Waals surface area contributed by atoms with E-state index in [2.05, 4.69) is 5.32 Å². The van der Waals surface area contributed by atoms with E-state index in [0.717, 1.165) is 37.0 Å². The Hall–Kier alpha value is -3.23. The molecule has 3 aliphatic rings. The lowest BCUT2D eigenvalue weighted by atomic mass is 9.81. The lowest BCUT2D eigenvalue weighted by Crippen LogP contribution is -2.45. The number of nitrogens with one attached hydrogen (secondary N) is 1. The molecule has 9 nitrogen and oxygen atoms in total. The number of hydrogen-bond donors (Lipinski definition) is 1. The molecular formula is C25H30N2O7. The van der Waals surface area contributed by atoms with E-state index in [0.29, 0.717) is 17.9 Å². The van der Waals surface area contributed by atoms with Gasteiger partial charge in [-0.1, -0.05) is 13.3 Å². The van der Waals surface area contributed by atoms with Crippen LogP contribution in [0.25, 0.3) is 0 Å². The average molecular weight is 471 g/mol. The van der Waals surface area contributed by atoms with Crippen LogP contribution in [-0.4, -0.2) is 53.8 Å². The molecule has 0 radical (unpaired) electrons. The summed E-state index contributed by atoms with van der Waals surface area (Å²) in [5.41, 5.74) is 0.792. The molecule has 2 saturated carbocycles. The highest BCUT2D eigenvalue weighted by molar-refractivity contribution is 6.08. The Morgan fingerprint density at radius 2 is 1.65 bits per heavy atom. The Morgan fingerprint density at radius 3 is 2.24 bits per heavy atom. The molecule has 0 spiro atoms. The van der Waals surface area contributed by atoms with Gasteiger partial charge in [-0.05, 0) is 68.7 Å². The van der Waals surface area contributed by atoms with E-state index in [4.69, 9.17) is 9.47 Å². The van der Waals surface area contributed by atoms with Crippen molar-refractivity contribution in [2.45, 2.75) is 52.0 Å². The van der Waals surface area contributed by atoms with Crippen molar-refractivity contribution in [3.63, 3.8) is 0 Å². The van der Waals surface area contributed by atoms with E-state index >= 15 is 0 Å². The van der Waals surface area contributed by atoms with Crippen molar-refractivity contribution < 1.29 is 33.4 Å². The molecular weight excluding hydrogens is 440 g/mol. The van der Waals surface area contributed by atoms with Crippen molar-refractivity contribution in [2.24, 2.45) is 23.7 Å². The highest BCUT2D eigenvalue weighted by Crippen LogP contribution is 2.56. The number of likely N-dealkylation sites (tertiary alicyclic amines) is 1. The Kier molecular flexibility index (Phi) is 7.00. The van der Waals surface area contributed by atoms with Gasteiger partial charge < -0.3 is 14.8 Å². The second kappa shape index (κ2) is 9.95. The molecule has 1 aromatic rings. The molecule has 1 saturated heterocycles. The zero-order valence-electron chi connectivity index (χ0n) is 19.5. The maximum absolute atomic E-state index is 12.8. The number of fused-ring (bicyclic) bond motifs is 5. The van der Waals surface area contributed by atoms with Crippen LogP contribution in [-0.2, 0) is 28.7 Å². The molecule has 3 amide bonds. The second-order valence-corrected chi connectivity index (χ2v) is 9.33. The van der Waals surface area contributed by atoms with Crippen molar-refractivity contribution in [1.29, 1.82) is 0 Å². The Labute approximate surface area is 198 Å². The molecule has 0 aromatic heterocycles. The zero-order valence-corrected chi connectivity index (χ0v) is 19.5. The van der Waals surface area contributed by atoms with Gasteiger partial charge in [-0.2, -0.15) is 0 Å². The fourth-order valence-corrected chi connectivity index (χ4v) is 5.46. The minimum absolute atomic E-state index is 0.232. The Balaban J connectivity index is 1.25. The van der Waals surface area contributed by atoms with Gasteiger partial charge in [0.2, 0.25) is 11.8 Å². The Bertz CT molecular complexity index is 961. The maximum atomic E-state index is 12.8. The topological polar surface area (TPSA) is 119 Å². The van der Waals surface area contributed by atoms with E-state index in [1.807, 2.05) is 6.92 Å². The molecule has 9 heteroatoms. The minimum Gasteiger partial charge on any atom is -0.462 e. The van der Waals surface area contributed by atoms with Crippen LogP contribution in [0.2, 0.25) is 0 Å². The summed E-state index contributed by atoms with van der Waals surface area (Å²) in [7, 11) is 0. The van der Waals surface area contributed by atoms with Gasteiger partial charge in [0, 0.05) is 5.69 Å². The summed E-state index contributed by atoms with van der Waals surface area (Å²) in [4.78, 5) is 63.4. The molecule has 182 valence electrons. The number of carbonyl (C=O) groups is 5. The summed E-state index contributed by atoms with van der Waals surface area (Å²) in [6, 6.07) is 5.09. The molecule has 5 atom stereocenters. The van der Waals surface area contributed by atoms with Gasteiger partial charge in [0.15, 0.2) is 6.61 Å². The number of unbranched alkanes of at least 4 members (excludes halogenated alkanes) is 1. The lowest BCUT2D eigenvalue weighted by Gasteiger charge is -2.23. The van der Waals surface area contributed by atoms with Crippen LogP contribution in [0.3, 0.4) is 0 Å². The molecule has 2 aliphatic carbocycles. The molecule has 1 aliphatic heterocycles. The lowest BCUT2D eigenvalue weighted by molar-refractivity contribution is -0.159. The number of amides is 3. The summed E-state index contributed by atoms with van der Waals surface area (Å²) in [5.74, 6) is -2.54. The van der Waals surface area contributed by atoms with Crippen LogP contribution < -0.4 is 5.32 Å². The van der Waals surface area contributed by atoms with E-state index in [1.54, 1.807) is 12.1 Å². The molecule has 3 fully saturated rings. The van der Waals surface area contributed by atoms with Crippen LogP contribution in [0.1, 0.15) is 56.3 Å². The van der Waals surface area contributed by atoms with Crippen molar-refractivity contribution in [2.75, 3.05) is 18.5 Å².